The van der Waals surface area contributed by atoms with E-state index in [9.17, 15) is 25.5 Å². The first-order chi connectivity index (χ1) is 29.5. The van der Waals surface area contributed by atoms with E-state index in [1.165, 1.54) is 11.1 Å². The van der Waals surface area contributed by atoms with Crippen molar-refractivity contribution in [1.82, 2.24) is 0 Å². The molecular weight excluding hydrogens is 797 g/mol. The number of aliphatic hydroxyl groups excluding tert-OH is 6. The number of aliphatic hydroxyl groups is 6. The van der Waals surface area contributed by atoms with E-state index in [-0.39, 0.29) is 46.6 Å². The summed E-state index contributed by atoms with van der Waals surface area (Å²) in [7, 11) is 3.28. The maximum Gasteiger partial charge on any atom is 0.127 e. The minimum absolute atomic E-state index is 0.0327. The maximum absolute atomic E-state index is 10.0. The molecule has 13 nitrogen and oxygen atoms in total. The van der Waals surface area contributed by atoms with Crippen molar-refractivity contribution in [2.75, 3.05) is 14.2 Å². The molecule has 0 atom stereocenters. The summed E-state index contributed by atoms with van der Waals surface area (Å²) < 4.78 is 10.1. The molecule has 0 saturated heterocycles. The largest absolute Gasteiger partial charge is 0.507 e. The van der Waals surface area contributed by atoms with Gasteiger partial charge in [0.05, 0.1) is 52.9 Å². The number of rotatable bonds is 13. The number of hydrogen-bond acceptors (Lipinski definition) is 13. The first kappa shape index (κ1) is 52.9. The fraction of sp³-hybridized carbons (Fsp3) is 0.388. The van der Waals surface area contributed by atoms with Gasteiger partial charge in [-0.3, -0.25) is 0 Å². The molecule has 340 valence electrons. The molecule has 0 spiro atoms. The van der Waals surface area contributed by atoms with Gasteiger partial charge in [-0.1, -0.05) is 88.7 Å². The lowest BCUT2D eigenvalue weighted by Gasteiger charge is -2.22. The molecule has 0 aromatic heterocycles. The van der Waals surface area contributed by atoms with E-state index in [2.05, 4.69) is 33.8 Å². The second kappa shape index (κ2) is 25.7. The van der Waals surface area contributed by atoms with Crippen LogP contribution in [0, 0.1) is 6.92 Å². The van der Waals surface area contributed by atoms with Crippen LogP contribution in [0.5, 0.6) is 28.7 Å². The Bertz CT molecular complexity index is 2060. The second-order valence-corrected chi connectivity index (χ2v) is 15.5. The van der Waals surface area contributed by atoms with E-state index < -0.39 is 37.9 Å². The van der Waals surface area contributed by atoms with Gasteiger partial charge in [-0.05, 0) is 71.2 Å². The minimum atomic E-state index is -0.589. The molecule has 0 aliphatic heterocycles. The van der Waals surface area contributed by atoms with Crippen molar-refractivity contribution < 1.29 is 65.6 Å². The molecule has 11 N–H and O–H groups in total. The molecule has 0 bridgehead atoms. The van der Waals surface area contributed by atoms with Crippen molar-refractivity contribution in [2.24, 2.45) is 0 Å². The molecule has 0 unspecified atom stereocenters. The van der Waals surface area contributed by atoms with Gasteiger partial charge in [0.25, 0.3) is 0 Å². The normalized spacial score (nSPS) is 10.9. The van der Waals surface area contributed by atoms with Crippen LogP contribution in [0.1, 0.15) is 101 Å². The van der Waals surface area contributed by atoms with E-state index in [0.717, 1.165) is 46.2 Å². The first-order valence-electron chi connectivity index (χ1n) is 20.2. The molecule has 0 saturated carbocycles. The number of phenolic OH excluding ortho intramolecular Hbond substituents is 2. The summed E-state index contributed by atoms with van der Waals surface area (Å²) >= 11 is 0. The SMILES string of the molecule is CCc1cc(C(C)(C)C)cc(COC)c1O.CCc1cc(C)cc(COC)c1O.OCc1c(O)c(CO)c(CO)c(O)c1CO.OCc1cc(-c2ccccc2)cc(CO)c1O. The summed E-state index contributed by atoms with van der Waals surface area (Å²) in [4.78, 5) is 0. The third-order valence-corrected chi connectivity index (χ3v) is 10.1. The summed E-state index contributed by atoms with van der Waals surface area (Å²) in [5.74, 6) is -0.103. The van der Waals surface area contributed by atoms with E-state index in [1.807, 2.05) is 62.4 Å². The van der Waals surface area contributed by atoms with Crippen LogP contribution < -0.4 is 0 Å². The Morgan fingerprint density at radius 2 is 0.790 bits per heavy atom. The van der Waals surface area contributed by atoms with E-state index in [1.54, 1.807) is 26.4 Å². The summed E-state index contributed by atoms with van der Waals surface area (Å²) in [5.41, 5.74) is 8.75. The predicted molar refractivity (Wildman–Crippen MR) is 239 cm³/mol. The van der Waals surface area contributed by atoms with Crippen LogP contribution in [0.4, 0.5) is 0 Å². The van der Waals surface area contributed by atoms with Crippen molar-refractivity contribution in [1.29, 1.82) is 0 Å². The van der Waals surface area contributed by atoms with Gasteiger partial charge in [0.1, 0.15) is 28.7 Å². The Kier molecular flexibility index (Phi) is 21.9. The van der Waals surface area contributed by atoms with Gasteiger partial charge in [-0.2, -0.15) is 0 Å². The van der Waals surface area contributed by atoms with Gasteiger partial charge in [0.2, 0.25) is 0 Å². The Morgan fingerprint density at radius 1 is 0.435 bits per heavy atom. The van der Waals surface area contributed by atoms with Gasteiger partial charge in [0, 0.05) is 58.7 Å². The van der Waals surface area contributed by atoms with Crippen LogP contribution in [-0.4, -0.2) is 70.4 Å². The molecule has 0 aliphatic rings. The average molecular weight is 863 g/mol. The summed E-state index contributed by atoms with van der Waals surface area (Å²) in [6, 6.07) is 21.2. The van der Waals surface area contributed by atoms with Crippen molar-refractivity contribution in [3.05, 3.63) is 133 Å². The lowest BCUT2D eigenvalue weighted by molar-refractivity contribution is 0.181. The highest BCUT2D eigenvalue weighted by Crippen LogP contribution is 2.38. The summed E-state index contributed by atoms with van der Waals surface area (Å²) in [6.45, 7) is 10.7. The minimum Gasteiger partial charge on any atom is -0.507 e. The topological polar surface area (TPSA) is 241 Å². The molecule has 0 aliphatic carbocycles. The lowest BCUT2D eigenvalue weighted by atomic mass is 9.84. The zero-order chi connectivity index (χ0) is 46.7. The Balaban J connectivity index is 0.000000286. The average Bonchev–Trinajstić information content (AvgIpc) is 3.26. The summed E-state index contributed by atoms with van der Waals surface area (Å²) in [6.07, 6.45) is 1.69. The van der Waals surface area contributed by atoms with Crippen molar-refractivity contribution in [2.45, 2.75) is 113 Å². The molecule has 0 heterocycles. The van der Waals surface area contributed by atoms with Gasteiger partial charge < -0.3 is 65.6 Å². The number of ether oxygens (including phenoxy) is 2. The number of aryl methyl sites for hydroxylation is 3. The van der Waals surface area contributed by atoms with Crippen LogP contribution in [0.25, 0.3) is 11.1 Å². The Hall–Kier alpha value is -5.22. The number of phenols is 5. The van der Waals surface area contributed by atoms with Crippen molar-refractivity contribution in [3.8, 4) is 39.9 Å². The molecule has 62 heavy (non-hydrogen) atoms. The van der Waals surface area contributed by atoms with E-state index in [4.69, 9.17) is 40.1 Å². The Morgan fingerprint density at radius 3 is 1.15 bits per heavy atom. The molecule has 0 radical (unpaired) electrons. The van der Waals surface area contributed by atoms with E-state index >= 15 is 0 Å². The van der Waals surface area contributed by atoms with Gasteiger partial charge in [0.15, 0.2) is 0 Å². The summed E-state index contributed by atoms with van der Waals surface area (Å²) in [5, 5.41) is 103. The zero-order valence-electron chi connectivity index (χ0n) is 37.2. The molecule has 5 rings (SSSR count). The predicted octanol–water partition coefficient (Wildman–Crippen LogP) is 6.92. The monoisotopic (exact) mass is 862 g/mol. The molecule has 13 heteroatoms. The number of methoxy groups -OCH3 is 2. The van der Waals surface area contributed by atoms with Crippen LogP contribution in [0.3, 0.4) is 0 Å². The highest BCUT2D eigenvalue weighted by molar-refractivity contribution is 5.67. The number of aromatic hydroxyl groups is 5. The van der Waals surface area contributed by atoms with Crippen molar-refractivity contribution in [3.63, 3.8) is 0 Å². The van der Waals surface area contributed by atoms with Crippen LogP contribution >= 0.6 is 0 Å². The zero-order valence-corrected chi connectivity index (χ0v) is 37.2. The number of hydrogen-bond donors (Lipinski definition) is 11. The third kappa shape index (κ3) is 13.9. The van der Waals surface area contributed by atoms with E-state index in [0.29, 0.717) is 35.8 Å². The third-order valence-electron chi connectivity index (χ3n) is 10.1. The van der Waals surface area contributed by atoms with Gasteiger partial charge in [-0.15, -0.1) is 0 Å². The maximum atomic E-state index is 10.0. The fourth-order valence-corrected chi connectivity index (χ4v) is 6.61. The molecular formula is C49H66O13. The lowest BCUT2D eigenvalue weighted by Crippen LogP contribution is -2.12. The molecule has 5 aromatic carbocycles. The van der Waals surface area contributed by atoms with Crippen molar-refractivity contribution >= 4 is 0 Å². The van der Waals surface area contributed by atoms with Crippen LogP contribution in [-0.2, 0) is 80.6 Å². The van der Waals surface area contributed by atoms with Crippen LogP contribution in [0.15, 0.2) is 66.7 Å². The quantitative estimate of drug-likeness (QED) is 0.0540. The molecule has 0 amide bonds. The highest BCUT2D eigenvalue weighted by atomic mass is 16.5. The molecule has 5 aromatic rings. The smallest absolute Gasteiger partial charge is 0.127 e. The van der Waals surface area contributed by atoms with Gasteiger partial charge in [-0.25, -0.2) is 0 Å². The van der Waals surface area contributed by atoms with Crippen LogP contribution in [0.2, 0.25) is 0 Å². The highest BCUT2D eigenvalue weighted by Gasteiger charge is 2.22. The number of benzene rings is 5. The molecule has 0 fully saturated rings. The van der Waals surface area contributed by atoms with Gasteiger partial charge >= 0.3 is 0 Å². The fourth-order valence-electron chi connectivity index (χ4n) is 6.61. The standard InChI is InChI=1S/C14H14O3.C14H22O2.C11H16O2.C10H14O6/c15-8-12-6-11(7-13(9-16)14(12)17)10-4-2-1-3-5-10;1-6-10-7-12(14(2,3)4)8-11(9-16-5)13(10)15;1-4-9-5-8(2)6-10(7-13-3)11(9)12;11-1-5-6(2-12)10(16)8(4-14)7(3-13)9(5)15/h1-7,15-17H,8-9H2;7-8,15H,6,9H2,1-5H3;5-6,12H,4,7H2,1-3H3;11-16H,1-4H2. The Labute approximate surface area is 365 Å². The second-order valence-electron chi connectivity index (χ2n) is 15.5. The first-order valence-corrected chi connectivity index (χ1v) is 20.2.